The van der Waals surface area contributed by atoms with E-state index in [2.05, 4.69) is 49.1 Å². The second kappa shape index (κ2) is 7.75. The lowest BCUT2D eigenvalue weighted by atomic mass is 10.0. The molecule has 0 saturated carbocycles. The first-order valence-electron chi connectivity index (χ1n) is 8.25. The molecule has 4 nitrogen and oxygen atoms in total. The van der Waals surface area contributed by atoms with Gasteiger partial charge in [0.2, 0.25) is 5.91 Å². The SMILES string of the molecule is CC(C)c1ccccc1NC(=O)CCN1CCC(N(C)C)C1. The van der Waals surface area contributed by atoms with Crippen LogP contribution in [0.25, 0.3) is 0 Å². The fourth-order valence-electron chi connectivity index (χ4n) is 3.02. The zero-order chi connectivity index (χ0) is 16.1. The molecule has 0 aliphatic carbocycles. The number of anilines is 1. The van der Waals surface area contributed by atoms with Crippen molar-refractivity contribution in [2.45, 2.75) is 38.6 Å². The van der Waals surface area contributed by atoms with Gasteiger partial charge in [-0.3, -0.25) is 4.79 Å². The number of para-hydroxylation sites is 1. The van der Waals surface area contributed by atoms with Gasteiger partial charge in [-0.05, 0) is 44.6 Å². The van der Waals surface area contributed by atoms with Crippen molar-refractivity contribution in [1.82, 2.24) is 9.80 Å². The number of nitrogens with one attached hydrogen (secondary N) is 1. The predicted octanol–water partition coefficient (Wildman–Crippen LogP) is 2.77. The van der Waals surface area contributed by atoms with Crippen LogP contribution < -0.4 is 5.32 Å². The van der Waals surface area contributed by atoms with Crippen molar-refractivity contribution in [2.24, 2.45) is 0 Å². The second-order valence-electron chi connectivity index (χ2n) is 6.75. The van der Waals surface area contributed by atoms with Gasteiger partial charge in [0, 0.05) is 31.2 Å². The summed E-state index contributed by atoms with van der Waals surface area (Å²) >= 11 is 0. The van der Waals surface area contributed by atoms with E-state index in [9.17, 15) is 4.79 Å². The minimum Gasteiger partial charge on any atom is -0.326 e. The number of amides is 1. The molecule has 1 heterocycles. The maximum atomic E-state index is 12.2. The van der Waals surface area contributed by atoms with E-state index < -0.39 is 0 Å². The zero-order valence-electron chi connectivity index (χ0n) is 14.3. The Hall–Kier alpha value is -1.39. The number of rotatable bonds is 6. The van der Waals surface area contributed by atoms with Gasteiger partial charge < -0.3 is 15.1 Å². The number of carbonyl (C=O) groups is 1. The lowest BCUT2D eigenvalue weighted by molar-refractivity contribution is -0.116. The fraction of sp³-hybridized carbons (Fsp3) is 0.611. The fourth-order valence-corrected chi connectivity index (χ4v) is 3.02. The Labute approximate surface area is 134 Å². The number of likely N-dealkylation sites (tertiary alicyclic amines) is 1. The van der Waals surface area contributed by atoms with E-state index in [1.807, 2.05) is 18.2 Å². The van der Waals surface area contributed by atoms with Gasteiger partial charge in [0.05, 0.1) is 0 Å². The summed E-state index contributed by atoms with van der Waals surface area (Å²) in [6, 6.07) is 8.71. The number of benzene rings is 1. The van der Waals surface area contributed by atoms with Crippen LogP contribution in [0.3, 0.4) is 0 Å². The van der Waals surface area contributed by atoms with Crippen molar-refractivity contribution in [2.75, 3.05) is 39.0 Å². The van der Waals surface area contributed by atoms with Crippen molar-refractivity contribution in [3.05, 3.63) is 29.8 Å². The van der Waals surface area contributed by atoms with E-state index in [4.69, 9.17) is 0 Å². The highest BCUT2D eigenvalue weighted by atomic mass is 16.1. The van der Waals surface area contributed by atoms with E-state index >= 15 is 0 Å². The van der Waals surface area contributed by atoms with Gasteiger partial charge >= 0.3 is 0 Å². The third kappa shape index (κ3) is 4.55. The number of hydrogen-bond donors (Lipinski definition) is 1. The monoisotopic (exact) mass is 303 g/mol. The summed E-state index contributed by atoms with van der Waals surface area (Å²) in [5.41, 5.74) is 2.15. The summed E-state index contributed by atoms with van der Waals surface area (Å²) < 4.78 is 0. The van der Waals surface area contributed by atoms with E-state index in [-0.39, 0.29) is 5.91 Å². The predicted molar refractivity (Wildman–Crippen MR) is 92.3 cm³/mol. The largest absolute Gasteiger partial charge is 0.326 e. The molecule has 1 aliphatic heterocycles. The highest BCUT2D eigenvalue weighted by Gasteiger charge is 2.23. The van der Waals surface area contributed by atoms with Gasteiger partial charge in [0.25, 0.3) is 0 Å². The third-order valence-corrected chi connectivity index (χ3v) is 4.49. The molecule has 1 atom stereocenters. The van der Waals surface area contributed by atoms with Crippen molar-refractivity contribution in [1.29, 1.82) is 0 Å². The van der Waals surface area contributed by atoms with Gasteiger partial charge in [-0.1, -0.05) is 32.0 Å². The minimum atomic E-state index is 0.112. The summed E-state index contributed by atoms with van der Waals surface area (Å²) in [6.07, 6.45) is 1.76. The standard InChI is InChI=1S/C18H29N3O/c1-14(2)16-7-5-6-8-17(16)19-18(22)10-12-21-11-9-15(13-21)20(3)4/h5-8,14-15H,9-13H2,1-4H3,(H,19,22). The van der Waals surface area contributed by atoms with Crippen LogP contribution in [0.1, 0.15) is 38.2 Å². The average Bonchev–Trinajstić information content (AvgIpc) is 2.94. The Kier molecular flexibility index (Phi) is 5.98. The molecule has 1 aliphatic rings. The van der Waals surface area contributed by atoms with Crippen LogP contribution in [0.15, 0.2) is 24.3 Å². The number of carbonyl (C=O) groups excluding carboxylic acids is 1. The molecule has 2 rings (SSSR count). The van der Waals surface area contributed by atoms with Gasteiger partial charge in [-0.2, -0.15) is 0 Å². The lowest BCUT2D eigenvalue weighted by Crippen LogP contribution is -2.32. The maximum Gasteiger partial charge on any atom is 0.225 e. The molecule has 1 N–H and O–H groups in total. The summed E-state index contributed by atoms with van der Waals surface area (Å²) in [6.45, 7) is 7.31. The first-order chi connectivity index (χ1) is 10.5. The van der Waals surface area contributed by atoms with Crippen LogP contribution in [0.4, 0.5) is 5.69 Å². The molecule has 122 valence electrons. The normalized spacial score (nSPS) is 19.1. The molecule has 1 fully saturated rings. The van der Waals surface area contributed by atoms with E-state index in [1.54, 1.807) is 0 Å². The molecular weight excluding hydrogens is 274 g/mol. The smallest absolute Gasteiger partial charge is 0.225 e. The Morgan fingerprint density at radius 2 is 2.09 bits per heavy atom. The van der Waals surface area contributed by atoms with Crippen LogP contribution in [0.5, 0.6) is 0 Å². The van der Waals surface area contributed by atoms with Crippen LogP contribution >= 0.6 is 0 Å². The van der Waals surface area contributed by atoms with Crippen molar-refractivity contribution in [3.8, 4) is 0 Å². The molecule has 1 saturated heterocycles. The van der Waals surface area contributed by atoms with Crippen molar-refractivity contribution in [3.63, 3.8) is 0 Å². The Bertz CT molecular complexity index is 499. The lowest BCUT2D eigenvalue weighted by Gasteiger charge is -2.20. The Morgan fingerprint density at radius 1 is 1.36 bits per heavy atom. The molecule has 1 aromatic rings. The molecule has 1 unspecified atom stereocenters. The van der Waals surface area contributed by atoms with Crippen LogP contribution in [-0.2, 0) is 4.79 Å². The first kappa shape index (κ1) is 17.0. The maximum absolute atomic E-state index is 12.2. The second-order valence-corrected chi connectivity index (χ2v) is 6.75. The summed E-state index contributed by atoms with van der Waals surface area (Å²) in [5, 5.41) is 3.07. The first-order valence-corrected chi connectivity index (χ1v) is 8.25. The van der Waals surface area contributed by atoms with Gasteiger partial charge in [-0.25, -0.2) is 0 Å². The molecule has 0 aromatic heterocycles. The Balaban J connectivity index is 1.82. The summed E-state index contributed by atoms with van der Waals surface area (Å²) in [4.78, 5) is 16.9. The molecular formula is C18H29N3O. The number of hydrogen-bond acceptors (Lipinski definition) is 3. The molecule has 0 radical (unpaired) electrons. The molecule has 22 heavy (non-hydrogen) atoms. The molecule has 0 spiro atoms. The van der Waals surface area contributed by atoms with E-state index in [1.165, 1.54) is 12.0 Å². The van der Waals surface area contributed by atoms with Crippen molar-refractivity contribution < 1.29 is 4.79 Å². The number of nitrogens with zero attached hydrogens (tertiary/aromatic N) is 2. The number of likely N-dealkylation sites (N-methyl/N-ethyl adjacent to an activating group) is 1. The zero-order valence-corrected chi connectivity index (χ0v) is 14.3. The molecule has 4 heteroatoms. The van der Waals surface area contributed by atoms with Crippen LogP contribution in [0, 0.1) is 0 Å². The Morgan fingerprint density at radius 3 is 2.73 bits per heavy atom. The highest BCUT2D eigenvalue weighted by molar-refractivity contribution is 5.91. The van der Waals surface area contributed by atoms with Gasteiger partial charge in [0.1, 0.15) is 0 Å². The third-order valence-electron chi connectivity index (χ3n) is 4.49. The topological polar surface area (TPSA) is 35.6 Å². The average molecular weight is 303 g/mol. The van der Waals surface area contributed by atoms with Crippen molar-refractivity contribution >= 4 is 11.6 Å². The van der Waals surface area contributed by atoms with Crippen LogP contribution in [0.2, 0.25) is 0 Å². The minimum absolute atomic E-state index is 0.112. The molecule has 1 aromatic carbocycles. The molecule has 0 bridgehead atoms. The van der Waals surface area contributed by atoms with E-state index in [0.29, 0.717) is 18.4 Å². The van der Waals surface area contributed by atoms with Crippen LogP contribution in [-0.4, -0.2) is 55.5 Å². The quantitative estimate of drug-likeness (QED) is 0.878. The molecule has 1 amide bonds. The summed E-state index contributed by atoms with van der Waals surface area (Å²) in [5.74, 6) is 0.525. The van der Waals surface area contributed by atoms with E-state index in [0.717, 1.165) is 25.3 Å². The van der Waals surface area contributed by atoms with Gasteiger partial charge in [0.15, 0.2) is 0 Å². The van der Waals surface area contributed by atoms with Gasteiger partial charge in [-0.15, -0.1) is 0 Å². The summed E-state index contributed by atoms with van der Waals surface area (Å²) in [7, 11) is 4.26. The highest BCUT2D eigenvalue weighted by Crippen LogP contribution is 2.23.